The SMILES string of the molecule is COCOc1c(-c2cc(C(C)(C)C)cc(C(C)(C)C)c2)cc(C)cc1-c1ccccc1Br. The lowest BCUT2D eigenvalue weighted by atomic mass is 9.78. The molecule has 0 amide bonds. The van der Waals surface area contributed by atoms with Crippen molar-refractivity contribution in [2.75, 3.05) is 13.9 Å². The summed E-state index contributed by atoms with van der Waals surface area (Å²) in [4.78, 5) is 0. The van der Waals surface area contributed by atoms with Crippen LogP contribution in [0.15, 0.2) is 59.1 Å². The molecule has 3 rings (SSSR count). The van der Waals surface area contributed by atoms with Crippen molar-refractivity contribution in [1.82, 2.24) is 0 Å². The van der Waals surface area contributed by atoms with Crippen molar-refractivity contribution in [2.24, 2.45) is 0 Å². The average Bonchev–Trinajstić information content (AvgIpc) is 2.71. The molecule has 0 heterocycles. The Balaban J connectivity index is 2.36. The summed E-state index contributed by atoms with van der Waals surface area (Å²) >= 11 is 3.73. The zero-order valence-electron chi connectivity index (χ0n) is 20.6. The fourth-order valence-electron chi connectivity index (χ4n) is 3.79. The molecule has 32 heavy (non-hydrogen) atoms. The zero-order chi connectivity index (χ0) is 23.7. The smallest absolute Gasteiger partial charge is 0.188 e. The first-order valence-electron chi connectivity index (χ1n) is 11.1. The highest BCUT2D eigenvalue weighted by atomic mass is 79.9. The number of ether oxygens (including phenoxy) is 2. The highest BCUT2D eigenvalue weighted by Gasteiger charge is 2.23. The van der Waals surface area contributed by atoms with Gasteiger partial charge >= 0.3 is 0 Å². The third-order valence-corrected chi connectivity index (χ3v) is 6.39. The molecule has 0 bridgehead atoms. The van der Waals surface area contributed by atoms with Crippen LogP contribution < -0.4 is 4.74 Å². The van der Waals surface area contributed by atoms with Gasteiger partial charge in [-0.2, -0.15) is 0 Å². The first-order chi connectivity index (χ1) is 14.9. The standard InChI is InChI=1S/C29H35BrO2/c1-19-13-24(20-15-21(28(2,3)4)17-22(16-20)29(5,6)7)27(32-18-31-8)25(14-19)23-11-9-10-12-26(23)30/h9-17H,18H2,1-8H3. The van der Waals surface area contributed by atoms with Crippen molar-refractivity contribution in [2.45, 2.75) is 59.3 Å². The van der Waals surface area contributed by atoms with Crippen molar-refractivity contribution < 1.29 is 9.47 Å². The monoisotopic (exact) mass is 494 g/mol. The van der Waals surface area contributed by atoms with Crippen LogP contribution in [0.5, 0.6) is 5.75 Å². The maximum atomic E-state index is 6.24. The molecule has 0 unspecified atom stereocenters. The van der Waals surface area contributed by atoms with Gasteiger partial charge in [-0.25, -0.2) is 0 Å². The number of hydrogen-bond acceptors (Lipinski definition) is 2. The number of methoxy groups -OCH3 is 1. The third-order valence-electron chi connectivity index (χ3n) is 5.69. The molecule has 3 aromatic carbocycles. The fourth-order valence-corrected chi connectivity index (χ4v) is 4.29. The van der Waals surface area contributed by atoms with Crippen molar-refractivity contribution >= 4 is 15.9 Å². The van der Waals surface area contributed by atoms with Crippen molar-refractivity contribution in [3.63, 3.8) is 0 Å². The molecule has 2 nitrogen and oxygen atoms in total. The van der Waals surface area contributed by atoms with Crippen LogP contribution in [0.2, 0.25) is 0 Å². The van der Waals surface area contributed by atoms with Crippen LogP contribution in [0.1, 0.15) is 58.2 Å². The van der Waals surface area contributed by atoms with E-state index in [1.165, 1.54) is 22.3 Å². The lowest BCUT2D eigenvalue weighted by Gasteiger charge is -2.27. The summed E-state index contributed by atoms with van der Waals surface area (Å²) in [5.41, 5.74) is 8.33. The zero-order valence-corrected chi connectivity index (χ0v) is 22.2. The van der Waals surface area contributed by atoms with Gasteiger partial charge in [-0.15, -0.1) is 0 Å². The van der Waals surface area contributed by atoms with E-state index in [2.05, 4.69) is 113 Å². The second kappa shape index (κ2) is 9.41. The highest BCUT2D eigenvalue weighted by molar-refractivity contribution is 9.10. The van der Waals surface area contributed by atoms with E-state index in [4.69, 9.17) is 9.47 Å². The van der Waals surface area contributed by atoms with Crippen LogP contribution in [-0.4, -0.2) is 13.9 Å². The first kappa shape index (κ1) is 24.5. The van der Waals surface area contributed by atoms with E-state index >= 15 is 0 Å². The van der Waals surface area contributed by atoms with Gasteiger partial charge in [0.1, 0.15) is 5.75 Å². The van der Waals surface area contributed by atoms with Gasteiger partial charge in [-0.3, -0.25) is 0 Å². The van der Waals surface area contributed by atoms with Gasteiger partial charge in [0.05, 0.1) is 0 Å². The molecule has 0 saturated carbocycles. The van der Waals surface area contributed by atoms with Gasteiger partial charge < -0.3 is 9.47 Å². The van der Waals surface area contributed by atoms with Crippen molar-refractivity contribution in [3.8, 4) is 28.0 Å². The Kier molecular flexibility index (Phi) is 7.21. The summed E-state index contributed by atoms with van der Waals surface area (Å²) in [5, 5.41) is 0. The summed E-state index contributed by atoms with van der Waals surface area (Å²) in [5.74, 6) is 0.843. The molecular weight excluding hydrogens is 460 g/mol. The van der Waals surface area contributed by atoms with Crippen molar-refractivity contribution in [1.29, 1.82) is 0 Å². The number of hydrogen-bond donors (Lipinski definition) is 0. The van der Waals surface area contributed by atoms with E-state index in [0.717, 1.165) is 26.9 Å². The van der Waals surface area contributed by atoms with Crippen LogP contribution in [-0.2, 0) is 15.6 Å². The molecule has 0 spiro atoms. The predicted molar refractivity (Wildman–Crippen MR) is 140 cm³/mol. The summed E-state index contributed by atoms with van der Waals surface area (Å²) in [6.07, 6.45) is 0. The summed E-state index contributed by atoms with van der Waals surface area (Å²) in [7, 11) is 1.66. The maximum Gasteiger partial charge on any atom is 0.188 e. The third kappa shape index (κ3) is 5.44. The van der Waals surface area contributed by atoms with E-state index in [0.29, 0.717) is 0 Å². The van der Waals surface area contributed by atoms with Crippen LogP contribution >= 0.6 is 15.9 Å². The molecule has 0 N–H and O–H groups in total. The van der Waals surface area contributed by atoms with Gasteiger partial charge in [0.2, 0.25) is 0 Å². The van der Waals surface area contributed by atoms with E-state index in [-0.39, 0.29) is 17.6 Å². The van der Waals surface area contributed by atoms with E-state index in [1.807, 2.05) is 6.07 Å². The average molecular weight is 496 g/mol. The minimum atomic E-state index is 0.0404. The van der Waals surface area contributed by atoms with E-state index in [9.17, 15) is 0 Å². The first-order valence-corrected chi connectivity index (χ1v) is 11.9. The number of benzene rings is 3. The summed E-state index contributed by atoms with van der Waals surface area (Å²) < 4.78 is 12.6. The molecule has 0 aliphatic carbocycles. The molecule has 0 fully saturated rings. The Morgan fingerprint density at radius 2 is 1.31 bits per heavy atom. The normalized spacial score (nSPS) is 12.2. The van der Waals surface area contributed by atoms with Crippen LogP contribution in [0.3, 0.4) is 0 Å². The lowest BCUT2D eigenvalue weighted by Crippen LogP contribution is -2.16. The molecule has 0 aromatic heterocycles. The Bertz CT molecular complexity index is 1070. The Labute approximate surface area is 202 Å². The molecule has 0 aliphatic rings. The quantitative estimate of drug-likeness (QED) is 0.330. The number of rotatable bonds is 5. The minimum Gasteiger partial charge on any atom is -0.466 e. The van der Waals surface area contributed by atoms with Gasteiger partial charge in [0, 0.05) is 22.7 Å². The van der Waals surface area contributed by atoms with E-state index in [1.54, 1.807) is 7.11 Å². The Morgan fingerprint density at radius 3 is 1.84 bits per heavy atom. The lowest BCUT2D eigenvalue weighted by molar-refractivity contribution is 0.0519. The van der Waals surface area contributed by atoms with Crippen molar-refractivity contribution in [3.05, 3.63) is 75.8 Å². The van der Waals surface area contributed by atoms with Crippen LogP contribution in [0.4, 0.5) is 0 Å². The van der Waals surface area contributed by atoms with E-state index < -0.39 is 0 Å². The Morgan fingerprint density at radius 1 is 0.750 bits per heavy atom. The maximum absolute atomic E-state index is 6.24. The fraction of sp³-hybridized carbons (Fsp3) is 0.379. The molecule has 0 saturated heterocycles. The summed E-state index contributed by atoms with van der Waals surface area (Å²) in [6, 6.07) is 19.7. The molecule has 3 aromatic rings. The topological polar surface area (TPSA) is 18.5 Å². The van der Waals surface area contributed by atoms with Crippen LogP contribution in [0, 0.1) is 6.92 Å². The molecular formula is C29H35BrO2. The van der Waals surface area contributed by atoms with Gasteiger partial charge in [-0.05, 0) is 63.8 Å². The van der Waals surface area contributed by atoms with Gasteiger partial charge in [-0.1, -0.05) is 93.9 Å². The Hall–Kier alpha value is -2.10. The van der Waals surface area contributed by atoms with Gasteiger partial charge in [0.15, 0.2) is 6.79 Å². The molecule has 0 atom stereocenters. The molecule has 3 heteroatoms. The summed E-state index contributed by atoms with van der Waals surface area (Å²) in [6.45, 7) is 15.9. The second-order valence-corrected chi connectivity index (χ2v) is 11.4. The second-order valence-electron chi connectivity index (χ2n) is 10.5. The number of halogens is 1. The molecule has 0 aliphatic heterocycles. The molecule has 0 radical (unpaired) electrons. The highest BCUT2D eigenvalue weighted by Crippen LogP contribution is 2.44. The predicted octanol–water partition coefficient (Wildman–Crippen LogP) is 8.67. The van der Waals surface area contributed by atoms with Gasteiger partial charge in [0.25, 0.3) is 0 Å². The number of aryl methyl sites for hydroxylation is 1. The van der Waals surface area contributed by atoms with Crippen LogP contribution in [0.25, 0.3) is 22.3 Å². The molecule has 170 valence electrons. The minimum absolute atomic E-state index is 0.0404. The largest absolute Gasteiger partial charge is 0.466 e.